The van der Waals surface area contributed by atoms with Crippen LogP contribution < -0.4 is 0 Å². The molecule has 10 rings (SSSR count). The molecule has 7 aromatic carbocycles. The Morgan fingerprint density at radius 3 is 1.26 bits per heavy atom. The van der Waals surface area contributed by atoms with E-state index >= 15 is 0 Å². The predicted octanol–water partition coefficient (Wildman–Crippen LogP) is 16.2. The van der Waals surface area contributed by atoms with E-state index in [4.69, 9.17) is 0 Å². The number of pyridine rings is 1. The van der Waals surface area contributed by atoms with E-state index in [9.17, 15) is 57.9 Å². The van der Waals surface area contributed by atoms with Crippen LogP contribution in [0.2, 0.25) is 0 Å². The first kappa shape index (κ1) is 43.8. The quantitative estimate of drug-likeness (QED) is 0.161. The van der Waals surface area contributed by atoms with Gasteiger partial charge in [-0.3, -0.25) is 4.98 Å². The van der Waals surface area contributed by atoms with Crippen LogP contribution in [-0.2, 0) is 24.7 Å². The lowest BCUT2D eigenvalue weighted by atomic mass is 9.95. The highest BCUT2D eigenvalue weighted by Crippen LogP contribution is 2.46. The number of hydrogen-bond donors (Lipinski definition) is 0. The largest absolute Gasteiger partial charge is 0.417 e. The third-order valence-electron chi connectivity index (χ3n) is 12.0. The summed E-state index contributed by atoms with van der Waals surface area (Å²) in [4.78, 5) is 4.16. The Labute approximate surface area is 376 Å². The van der Waals surface area contributed by atoms with Crippen LogP contribution in [0.15, 0.2) is 158 Å². The van der Waals surface area contributed by atoms with Crippen molar-refractivity contribution in [3.8, 4) is 50.8 Å². The van der Waals surface area contributed by atoms with Gasteiger partial charge in [-0.1, -0.05) is 72.8 Å². The average Bonchev–Trinajstić information content (AvgIpc) is 3.81. The lowest BCUT2D eigenvalue weighted by molar-refractivity contribution is -0.144. The van der Waals surface area contributed by atoms with Gasteiger partial charge in [0, 0.05) is 39.5 Å². The fourth-order valence-electron chi connectivity index (χ4n) is 9.01. The molecule has 0 aliphatic carbocycles. The molecule has 0 spiro atoms. The minimum absolute atomic E-state index is 0.0283. The Balaban J connectivity index is 1.26. The Hall–Kier alpha value is -8.06. The maximum Gasteiger partial charge on any atom is 0.417 e. The van der Waals surface area contributed by atoms with Crippen LogP contribution in [0.1, 0.15) is 27.8 Å². The van der Waals surface area contributed by atoms with Gasteiger partial charge in [-0.05, 0) is 101 Å². The minimum atomic E-state index is -5.17. The lowest BCUT2D eigenvalue weighted by Crippen LogP contribution is -2.12. The van der Waals surface area contributed by atoms with Crippen molar-refractivity contribution in [3.05, 3.63) is 186 Å². The summed E-state index contributed by atoms with van der Waals surface area (Å²) in [7, 11) is 0. The van der Waals surface area contributed by atoms with E-state index in [-0.39, 0.29) is 34.5 Å². The molecule has 0 unspecified atom stereocenters. The molecule has 0 saturated heterocycles. The number of hydrogen-bond acceptors (Lipinski definition) is 2. The molecule has 0 bridgehead atoms. The summed E-state index contributed by atoms with van der Waals surface area (Å²) in [6, 6.07) is 34.5. The van der Waals surface area contributed by atoms with E-state index in [0.717, 1.165) is 12.1 Å². The number of nitrogens with zero attached hydrogens (tertiary/aromatic N) is 4. The number of aromatic nitrogens is 3. The molecule has 0 fully saturated rings. The Kier molecular flexibility index (Phi) is 9.99. The zero-order valence-corrected chi connectivity index (χ0v) is 34.3. The van der Waals surface area contributed by atoms with Crippen molar-refractivity contribution in [2.45, 2.75) is 24.7 Å². The van der Waals surface area contributed by atoms with Gasteiger partial charge < -0.3 is 9.13 Å². The molecule has 16 heteroatoms. The Morgan fingerprint density at radius 2 is 0.824 bits per heavy atom. The summed E-state index contributed by atoms with van der Waals surface area (Å²) >= 11 is 0. The molecule has 0 saturated carbocycles. The summed E-state index contributed by atoms with van der Waals surface area (Å²) in [5.41, 5.74) is -3.74. The lowest BCUT2D eigenvalue weighted by Gasteiger charge is -2.20. The first-order valence-electron chi connectivity index (χ1n) is 20.4. The molecule has 10 aromatic rings. The number of para-hydroxylation sites is 2. The normalized spacial score (nSPS) is 12.7. The van der Waals surface area contributed by atoms with Crippen LogP contribution in [0.25, 0.3) is 88.4 Å². The first-order chi connectivity index (χ1) is 32.2. The van der Waals surface area contributed by atoms with E-state index in [1.807, 2.05) is 0 Å². The standard InChI is InChI=1S/C52H26F12N4/c53-49(54,55)32-11-15-34(41(24-32)51(59,60)61)29-9-13-38-36-5-1-3-7-43(36)67(46(38)21-29)45-26-40(28-17-19-66-20-18-28)48(23-31(45)27-65)68-44-8-4-2-6-37(44)39-14-10-30(22-47(39)68)35-16-12-33(50(56,57)58)25-42(35)52(62,63)64/h1-26H. The van der Waals surface area contributed by atoms with Crippen molar-refractivity contribution in [2.75, 3.05) is 0 Å². The highest BCUT2D eigenvalue weighted by atomic mass is 19.4. The molecule has 0 atom stereocenters. The molecule has 4 nitrogen and oxygen atoms in total. The maximum absolute atomic E-state index is 14.5. The van der Waals surface area contributed by atoms with Gasteiger partial charge in [0.15, 0.2) is 0 Å². The Bertz CT molecular complexity index is 3700. The van der Waals surface area contributed by atoms with Crippen molar-refractivity contribution in [3.63, 3.8) is 0 Å². The van der Waals surface area contributed by atoms with Crippen LogP contribution in [0.3, 0.4) is 0 Å². The van der Waals surface area contributed by atoms with Gasteiger partial charge in [-0.15, -0.1) is 0 Å². The van der Waals surface area contributed by atoms with Crippen molar-refractivity contribution in [2.24, 2.45) is 0 Å². The van der Waals surface area contributed by atoms with Crippen LogP contribution in [0.4, 0.5) is 52.7 Å². The van der Waals surface area contributed by atoms with Crippen LogP contribution in [0, 0.1) is 11.3 Å². The van der Waals surface area contributed by atoms with Gasteiger partial charge in [0.25, 0.3) is 0 Å². The van der Waals surface area contributed by atoms with E-state index in [0.29, 0.717) is 72.6 Å². The van der Waals surface area contributed by atoms with E-state index in [1.54, 1.807) is 94.1 Å². The molecular weight excluding hydrogens is 909 g/mol. The SMILES string of the molecule is N#Cc1cc(-n2c3ccccc3c3ccc(-c4ccc(C(F)(F)F)cc4C(F)(F)F)cc32)c(-c2ccncc2)cc1-n1c2ccccc2c2ccc(-c3ccc(C(F)(F)F)cc3C(F)(F)F)cc21. The number of fused-ring (bicyclic) bond motifs is 6. The fourth-order valence-corrected chi connectivity index (χ4v) is 9.01. The molecular formula is C52H26F12N4. The molecule has 0 aliphatic rings. The highest BCUT2D eigenvalue weighted by Gasteiger charge is 2.40. The summed E-state index contributed by atoms with van der Waals surface area (Å²) in [6.07, 6.45) is -17.4. The monoisotopic (exact) mass is 934 g/mol. The van der Waals surface area contributed by atoms with Crippen molar-refractivity contribution >= 4 is 43.6 Å². The average molecular weight is 935 g/mol. The van der Waals surface area contributed by atoms with E-state index in [2.05, 4.69) is 11.1 Å². The maximum atomic E-state index is 14.5. The summed E-state index contributed by atoms with van der Waals surface area (Å²) in [5, 5.41) is 13.4. The smallest absolute Gasteiger partial charge is 0.309 e. The summed E-state index contributed by atoms with van der Waals surface area (Å²) in [6.45, 7) is 0. The van der Waals surface area contributed by atoms with Crippen LogP contribution in [-0.4, -0.2) is 14.1 Å². The molecule has 3 aromatic heterocycles. The summed E-state index contributed by atoms with van der Waals surface area (Å²) in [5.74, 6) is 0. The third-order valence-corrected chi connectivity index (χ3v) is 12.0. The summed E-state index contributed by atoms with van der Waals surface area (Å²) < 4.78 is 173. The zero-order valence-electron chi connectivity index (χ0n) is 34.3. The zero-order chi connectivity index (χ0) is 48.1. The number of alkyl halides is 12. The number of halogens is 12. The second-order valence-corrected chi connectivity index (χ2v) is 15.9. The molecule has 0 radical (unpaired) electrons. The van der Waals surface area contributed by atoms with E-state index in [1.165, 1.54) is 36.7 Å². The van der Waals surface area contributed by atoms with Crippen molar-refractivity contribution in [1.29, 1.82) is 5.26 Å². The fraction of sp³-hybridized carbons (Fsp3) is 0.0769. The highest BCUT2D eigenvalue weighted by molar-refractivity contribution is 6.12. The van der Waals surface area contributed by atoms with E-state index < -0.39 is 58.1 Å². The number of benzene rings is 7. The topological polar surface area (TPSA) is 46.5 Å². The van der Waals surface area contributed by atoms with Gasteiger partial charge in [0.1, 0.15) is 6.07 Å². The van der Waals surface area contributed by atoms with Gasteiger partial charge in [-0.2, -0.15) is 57.9 Å². The minimum Gasteiger partial charge on any atom is -0.309 e. The molecule has 338 valence electrons. The van der Waals surface area contributed by atoms with Gasteiger partial charge >= 0.3 is 24.7 Å². The second kappa shape index (κ2) is 15.5. The third kappa shape index (κ3) is 7.34. The van der Waals surface area contributed by atoms with Gasteiger partial charge in [0.05, 0.1) is 61.3 Å². The van der Waals surface area contributed by atoms with Crippen LogP contribution >= 0.6 is 0 Å². The molecule has 0 aliphatic heterocycles. The number of rotatable bonds is 5. The second-order valence-electron chi connectivity index (χ2n) is 15.9. The van der Waals surface area contributed by atoms with Crippen LogP contribution in [0.5, 0.6) is 0 Å². The van der Waals surface area contributed by atoms with Crippen molar-refractivity contribution in [1.82, 2.24) is 14.1 Å². The van der Waals surface area contributed by atoms with Gasteiger partial charge in [-0.25, -0.2) is 0 Å². The predicted molar refractivity (Wildman–Crippen MR) is 234 cm³/mol. The first-order valence-corrected chi connectivity index (χ1v) is 20.4. The Morgan fingerprint density at radius 1 is 0.382 bits per heavy atom. The molecule has 3 heterocycles. The number of nitriles is 1. The van der Waals surface area contributed by atoms with Crippen molar-refractivity contribution < 1.29 is 52.7 Å². The molecule has 0 amide bonds. The molecule has 68 heavy (non-hydrogen) atoms. The molecule has 0 N–H and O–H groups in total. The van der Waals surface area contributed by atoms with Gasteiger partial charge in [0.2, 0.25) is 0 Å².